The Morgan fingerprint density at radius 1 is 1.05 bits per heavy atom. The van der Waals surface area contributed by atoms with Crippen molar-refractivity contribution in [1.82, 2.24) is 5.32 Å². The molecule has 2 rings (SSSR count). The van der Waals surface area contributed by atoms with Crippen LogP contribution in [0.2, 0.25) is 5.02 Å². The van der Waals surface area contributed by atoms with Crippen molar-refractivity contribution < 1.29 is 13.2 Å². The van der Waals surface area contributed by atoms with Gasteiger partial charge in [0.25, 0.3) is 0 Å². The monoisotopic (exact) mass is 299 g/mol. The lowest BCUT2D eigenvalue weighted by Crippen LogP contribution is -2.19. The van der Waals surface area contributed by atoms with E-state index in [1.165, 1.54) is 12.1 Å². The van der Waals surface area contributed by atoms with Crippen molar-refractivity contribution >= 4 is 11.6 Å². The standard InChI is InChI=1S/C15H13ClF3N/c1-20-14(10-3-2-4-12(18)15(10)16)8-9-5-6-11(17)13(19)7-9/h2-7,14,20H,8H2,1H3. The van der Waals surface area contributed by atoms with Gasteiger partial charge < -0.3 is 5.32 Å². The van der Waals surface area contributed by atoms with Crippen LogP contribution in [0.5, 0.6) is 0 Å². The third-order valence-electron chi connectivity index (χ3n) is 3.13. The Morgan fingerprint density at radius 2 is 1.80 bits per heavy atom. The molecule has 1 unspecified atom stereocenters. The van der Waals surface area contributed by atoms with Gasteiger partial charge in [0, 0.05) is 6.04 Å². The van der Waals surface area contributed by atoms with Crippen molar-refractivity contribution in [2.24, 2.45) is 0 Å². The van der Waals surface area contributed by atoms with Crippen molar-refractivity contribution in [3.63, 3.8) is 0 Å². The number of rotatable bonds is 4. The van der Waals surface area contributed by atoms with Crippen LogP contribution in [0.4, 0.5) is 13.2 Å². The van der Waals surface area contributed by atoms with E-state index in [0.29, 0.717) is 17.5 Å². The van der Waals surface area contributed by atoms with Crippen LogP contribution < -0.4 is 5.32 Å². The van der Waals surface area contributed by atoms with Crippen molar-refractivity contribution in [3.05, 3.63) is 70.0 Å². The normalized spacial score (nSPS) is 12.4. The molecule has 1 nitrogen and oxygen atoms in total. The lowest BCUT2D eigenvalue weighted by atomic mass is 9.98. The molecule has 5 heteroatoms. The Kier molecular flexibility index (Phi) is 4.68. The van der Waals surface area contributed by atoms with Crippen LogP contribution in [-0.2, 0) is 6.42 Å². The molecule has 106 valence electrons. The first kappa shape index (κ1) is 14.9. The quantitative estimate of drug-likeness (QED) is 0.889. The van der Waals surface area contributed by atoms with Crippen molar-refractivity contribution in [1.29, 1.82) is 0 Å². The van der Waals surface area contributed by atoms with E-state index in [9.17, 15) is 13.2 Å². The van der Waals surface area contributed by atoms with E-state index in [0.717, 1.165) is 12.1 Å². The van der Waals surface area contributed by atoms with E-state index in [1.807, 2.05) is 0 Å². The molecule has 0 spiro atoms. The zero-order valence-electron chi connectivity index (χ0n) is 10.8. The molecule has 2 aromatic carbocycles. The highest BCUT2D eigenvalue weighted by molar-refractivity contribution is 6.31. The van der Waals surface area contributed by atoms with Gasteiger partial charge in [0.15, 0.2) is 11.6 Å². The second-order valence-corrected chi connectivity index (χ2v) is 4.81. The number of halogens is 4. The summed E-state index contributed by atoms with van der Waals surface area (Å²) in [5.74, 6) is -2.30. The average molecular weight is 300 g/mol. The van der Waals surface area contributed by atoms with Crippen LogP contribution in [-0.4, -0.2) is 7.05 Å². The van der Waals surface area contributed by atoms with Crippen LogP contribution >= 0.6 is 11.6 Å². The van der Waals surface area contributed by atoms with Crippen molar-refractivity contribution in [2.75, 3.05) is 7.05 Å². The minimum Gasteiger partial charge on any atom is -0.313 e. The zero-order valence-corrected chi connectivity index (χ0v) is 11.5. The Balaban J connectivity index is 2.28. The summed E-state index contributed by atoms with van der Waals surface area (Å²) in [6.45, 7) is 0. The van der Waals surface area contributed by atoms with E-state index in [2.05, 4.69) is 5.32 Å². The highest BCUT2D eigenvalue weighted by atomic mass is 35.5. The molecule has 0 radical (unpaired) electrons. The highest BCUT2D eigenvalue weighted by Gasteiger charge is 2.16. The molecule has 1 N–H and O–H groups in total. The smallest absolute Gasteiger partial charge is 0.159 e. The summed E-state index contributed by atoms with van der Waals surface area (Å²) in [5, 5.41) is 3.04. The zero-order chi connectivity index (χ0) is 14.7. The largest absolute Gasteiger partial charge is 0.313 e. The van der Waals surface area contributed by atoms with Crippen molar-refractivity contribution in [3.8, 4) is 0 Å². The average Bonchev–Trinajstić information content (AvgIpc) is 2.43. The first-order chi connectivity index (χ1) is 9.52. The molecule has 20 heavy (non-hydrogen) atoms. The maximum atomic E-state index is 13.5. The van der Waals surface area contributed by atoms with E-state index in [1.54, 1.807) is 19.2 Å². The van der Waals surface area contributed by atoms with Gasteiger partial charge in [0.1, 0.15) is 5.82 Å². The van der Waals surface area contributed by atoms with Gasteiger partial charge in [-0.15, -0.1) is 0 Å². The van der Waals surface area contributed by atoms with Gasteiger partial charge in [-0.25, -0.2) is 13.2 Å². The Bertz CT molecular complexity index is 616. The van der Waals surface area contributed by atoms with Gasteiger partial charge in [-0.05, 0) is 42.8 Å². The molecule has 0 bridgehead atoms. The molecule has 0 amide bonds. The van der Waals surface area contributed by atoms with Gasteiger partial charge in [0.2, 0.25) is 0 Å². The third-order valence-corrected chi connectivity index (χ3v) is 3.53. The van der Waals surface area contributed by atoms with Crippen molar-refractivity contribution in [2.45, 2.75) is 12.5 Å². The van der Waals surface area contributed by atoms with Gasteiger partial charge in [-0.2, -0.15) is 0 Å². The van der Waals surface area contributed by atoms with Gasteiger partial charge in [-0.1, -0.05) is 29.8 Å². The summed E-state index contributed by atoms with van der Waals surface area (Å²) < 4.78 is 39.6. The molecule has 1 atom stereocenters. The minimum atomic E-state index is -0.900. The summed E-state index contributed by atoms with van der Waals surface area (Å²) in [7, 11) is 1.70. The van der Waals surface area contributed by atoms with Gasteiger partial charge in [0.05, 0.1) is 5.02 Å². The first-order valence-electron chi connectivity index (χ1n) is 6.08. The van der Waals surface area contributed by atoms with Crippen LogP contribution in [0.25, 0.3) is 0 Å². The fourth-order valence-corrected chi connectivity index (χ4v) is 2.32. The number of nitrogens with one attached hydrogen (secondary N) is 1. The Morgan fingerprint density at radius 3 is 2.45 bits per heavy atom. The predicted molar refractivity (Wildman–Crippen MR) is 73.3 cm³/mol. The van der Waals surface area contributed by atoms with Crippen LogP contribution in [0.3, 0.4) is 0 Å². The predicted octanol–water partition coefficient (Wildman–Crippen LogP) is 4.26. The Labute approximate surface area is 120 Å². The van der Waals surface area contributed by atoms with Crippen LogP contribution in [0, 0.1) is 17.5 Å². The maximum Gasteiger partial charge on any atom is 0.159 e. The molecule has 0 aromatic heterocycles. The van der Waals surface area contributed by atoms with E-state index >= 15 is 0 Å². The lowest BCUT2D eigenvalue weighted by molar-refractivity contribution is 0.504. The molecule has 0 saturated carbocycles. The van der Waals surface area contributed by atoms with Crippen LogP contribution in [0.1, 0.15) is 17.2 Å². The maximum absolute atomic E-state index is 13.5. The first-order valence-corrected chi connectivity index (χ1v) is 6.46. The summed E-state index contributed by atoms with van der Waals surface area (Å²) in [6.07, 6.45) is 0.372. The molecule has 0 aliphatic rings. The molecule has 0 saturated heterocycles. The summed E-state index contributed by atoms with van der Waals surface area (Å²) >= 11 is 5.94. The molecular weight excluding hydrogens is 287 g/mol. The van der Waals surface area contributed by atoms with E-state index < -0.39 is 17.5 Å². The second-order valence-electron chi connectivity index (χ2n) is 4.44. The number of hydrogen-bond acceptors (Lipinski definition) is 1. The van der Waals surface area contributed by atoms with Crippen LogP contribution in [0.15, 0.2) is 36.4 Å². The second kappa shape index (κ2) is 6.29. The van der Waals surface area contributed by atoms with E-state index in [4.69, 9.17) is 11.6 Å². The van der Waals surface area contributed by atoms with E-state index in [-0.39, 0.29) is 11.1 Å². The summed E-state index contributed by atoms with van der Waals surface area (Å²) in [6, 6.07) is 7.95. The number of hydrogen-bond donors (Lipinski definition) is 1. The molecular formula is C15H13ClF3N. The topological polar surface area (TPSA) is 12.0 Å². The SMILES string of the molecule is CNC(Cc1ccc(F)c(F)c1)c1cccc(F)c1Cl. The molecule has 0 aliphatic carbocycles. The third kappa shape index (κ3) is 3.14. The minimum absolute atomic E-state index is 0.0365. The highest BCUT2D eigenvalue weighted by Crippen LogP contribution is 2.28. The summed E-state index contributed by atoms with van der Waals surface area (Å²) in [5.41, 5.74) is 1.18. The van der Waals surface area contributed by atoms with Gasteiger partial charge >= 0.3 is 0 Å². The molecule has 0 aliphatic heterocycles. The molecule has 2 aromatic rings. The summed E-state index contributed by atoms with van der Waals surface area (Å²) in [4.78, 5) is 0. The Hall–Kier alpha value is -1.52. The van der Waals surface area contributed by atoms with Gasteiger partial charge in [-0.3, -0.25) is 0 Å². The lowest BCUT2D eigenvalue weighted by Gasteiger charge is -2.18. The molecule has 0 fully saturated rings. The fourth-order valence-electron chi connectivity index (χ4n) is 2.06. The molecule has 0 heterocycles. The number of likely N-dealkylation sites (N-methyl/N-ethyl adjacent to an activating group) is 1. The fraction of sp³-hybridized carbons (Fsp3) is 0.200. The number of benzene rings is 2.